The quantitative estimate of drug-likeness (QED) is 0.867. The predicted octanol–water partition coefficient (Wildman–Crippen LogP) is 2.63. The van der Waals surface area contributed by atoms with Crippen molar-refractivity contribution in [1.82, 2.24) is 10.2 Å². The molecule has 102 valence electrons. The smallest absolute Gasteiger partial charge is 0.149 e. The zero-order valence-electron chi connectivity index (χ0n) is 11.5. The molecule has 19 heavy (non-hydrogen) atoms. The van der Waals surface area contributed by atoms with Gasteiger partial charge >= 0.3 is 0 Å². The lowest BCUT2D eigenvalue weighted by molar-refractivity contribution is 0.394. The summed E-state index contributed by atoms with van der Waals surface area (Å²) in [5, 5.41) is 7.09. The van der Waals surface area contributed by atoms with E-state index in [1.165, 1.54) is 0 Å². The molecule has 0 amide bonds. The van der Waals surface area contributed by atoms with Crippen LogP contribution in [0.2, 0.25) is 0 Å². The summed E-state index contributed by atoms with van der Waals surface area (Å²) in [6.45, 7) is 2.11. The van der Waals surface area contributed by atoms with Gasteiger partial charge in [0, 0.05) is 17.2 Å². The maximum Gasteiger partial charge on any atom is 0.149 e. The first-order chi connectivity index (χ1) is 9.19. The summed E-state index contributed by atoms with van der Waals surface area (Å²) in [5.41, 5.74) is 8.83. The van der Waals surface area contributed by atoms with Gasteiger partial charge in [-0.15, -0.1) is 0 Å². The molecule has 2 aromatic rings. The van der Waals surface area contributed by atoms with Crippen LogP contribution in [-0.2, 0) is 6.42 Å². The minimum absolute atomic E-state index is 0.554. The van der Waals surface area contributed by atoms with Gasteiger partial charge in [0.05, 0.1) is 19.9 Å². The van der Waals surface area contributed by atoms with E-state index in [-0.39, 0.29) is 0 Å². The van der Waals surface area contributed by atoms with Gasteiger partial charge < -0.3 is 15.2 Å². The van der Waals surface area contributed by atoms with E-state index in [1.54, 1.807) is 14.2 Å². The molecule has 5 heteroatoms. The highest BCUT2D eigenvalue weighted by Gasteiger charge is 2.13. The van der Waals surface area contributed by atoms with E-state index in [2.05, 4.69) is 17.1 Å². The number of rotatable bonds is 5. The normalized spacial score (nSPS) is 10.5. The van der Waals surface area contributed by atoms with E-state index in [0.29, 0.717) is 5.82 Å². The molecular formula is C14H19N3O2. The van der Waals surface area contributed by atoms with Crippen LogP contribution in [0.25, 0.3) is 11.3 Å². The van der Waals surface area contributed by atoms with Crippen LogP contribution in [0.15, 0.2) is 18.2 Å². The number of nitrogens with two attached hydrogens (primary N) is 1. The average Bonchev–Trinajstić information content (AvgIpc) is 2.80. The number of aromatic nitrogens is 2. The Morgan fingerprint density at radius 2 is 1.79 bits per heavy atom. The molecule has 2 rings (SSSR count). The van der Waals surface area contributed by atoms with E-state index in [4.69, 9.17) is 15.2 Å². The van der Waals surface area contributed by atoms with Gasteiger partial charge in [0.15, 0.2) is 0 Å². The van der Waals surface area contributed by atoms with Crippen LogP contribution >= 0.6 is 0 Å². The largest absolute Gasteiger partial charge is 0.497 e. The zero-order valence-corrected chi connectivity index (χ0v) is 11.5. The van der Waals surface area contributed by atoms with Crippen LogP contribution in [0.4, 0.5) is 5.82 Å². The van der Waals surface area contributed by atoms with Gasteiger partial charge in [-0.05, 0) is 18.6 Å². The molecule has 0 bridgehead atoms. The minimum Gasteiger partial charge on any atom is -0.497 e. The molecule has 0 saturated carbocycles. The summed E-state index contributed by atoms with van der Waals surface area (Å²) in [5.74, 6) is 2.04. The van der Waals surface area contributed by atoms with Crippen molar-refractivity contribution >= 4 is 5.82 Å². The highest BCUT2D eigenvalue weighted by atomic mass is 16.5. The molecule has 1 aromatic carbocycles. The minimum atomic E-state index is 0.554. The third-order valence-corrected chi connectivity index (χ3v) is 3.04. The Morgan fingerprint density at radius 3 is 2.32 bits per heavy atom. The lowest BCUT2D eigenvalue weighted by Gasteiger charge is -2.09. The van der Waals surface area contributed by atoms with Crippen molar-refractivity contribution in [3.63, 3.8) is 0 Å². The van der Waals surface area contributed by atoms with Crippen LogP contribution in [0, 0.1) is 0 Å². The molecule has 0 spiro atoms. The highest BCUT2D eigenvalue weighted by molar-refractivity contribution is 5.70. The Balaban J connectivity index is 2.51. The summed E-state index contributed by atoms with van der Waals surface area (Å²) >= 11 is 0. The van der Waals surface area contributed by atoms with Gasteiger partial charge in [0.1, 0.15) is 17.3 Å². The number of hydrogen-bond acceptors (Lipinski definition) is 4. The van der Waals surface area contributed by atoms with Crippen molar-refractivity contribution in [2.75, 3.05) is 20.0 Å². The average molecular weight is 261 g/mol. The monoisotopic (exact) mass is 261 g/mol. The van der Waals surface area contributed by atoms with Gasteiger partial charge in [-0.25, -0.2) is 0 Å². The van der Waals surface area contributed by atoms with Crippen LogP contribution in [0.5, 0.6) is 11.5 Å². The van der Waals surface area contributed by atoms with Crippen molar-refractivity contribution in [3.05, 3.63) is 23.8 Å². The Labute approximate surface area is 112 Å². The number of nitrogen functional groups attached to an aromatic ring is 1. The molecule has 1 aromatic heterocycles. The first-order valence-corrected chi connectivity index (χ1v) is 6.25. The van der Waals surface area contributed by atoms with E-state index in [9.17, 15) is 0 Å². The third kappa shape index (κ3) is 2.65. The van der Waals surface area contributed by atoms with Crippen molar-refractivity contribution < 1.29 is 9.47 Å². The van der Waals surface area contributed by atoms with Crippen molar-refractivity contribution in [2.24, 2.45) is 0 Å². The fraction of sp³-hybridized carbons (Fsp3) is 0.357. The first-order valence-electron chi connectivity index (χ1n) is 6.25. The van der Waals surface area contributed by atoms with Crippen molar-refractivity contribution in [3.8, 4) is 22.8 Å². The Hall–Kier alpha value is -2.17. The van der Waals surface area contributed by atoms with E-state index < -0.39 is 0 Å². The molecule has 0 radical (unpaired) electrons. The fourth-order valence-electron chi connectivity index (χ4n) is 2.07. The molecule has 5 nitrogen and oxygen atoms in total. The molecule has 0 unspecified atom stereocenters. The molecule has 1 heterocycles. The second kappa shape index (κ2) is 5.65. The zero-order chi connectivity index (χ0) is 13.8. The van der Waals surface area contributed by atoms with Gasteiger partial charge in [-0.2, -0.15) is 5.10 Å². The number of H-pyrrole nitrogens is 1. The second-order valence-corrected chi connectivity index (χ2v) is 4.31. The van der Waals surface area contributed by atoms with Crippen LogP contribution in [-0.4, -0.2) is 24.4 Å². The first kappa shape index (κ1) is 13.3. The number of hydrogen-bond donors (Lipinski definition) is 2. The molecule has 0 aliphatic heterocycles. The van der Waals surface area contributed by atoms with Crippen LogP contribution in [0.1, 0.15) is 18.9 Å². The highest BCUT2D eigenvalue weighted by Crippen LogP contribution is 2.32. The second-order valence-electron chi connectivity index (χ2n) is 4.31. The third-order valence-electron chi connectivity index (χ3n) is 3.04. The van der Waals surface area contributed by atoms with Gasteiger partial charge in [-0.1, -0.05) is 13.3 Å². The fourth-order valence-corrected chi connectivity index (χ4v) is 2.07. The molecule has 0 aliphatic carbocycles. The Morgan fingerprint density at radius 1 is 1.16 bits per heavy atom. The SMILES string of the molecule is CCCc1c(N)n[nH]c1-c1cc(OC)cc(OC)c1. The summed E-state index contributed by atoms with van der Waals surface area (Å²) in [6, 6.07) is 5.71. The number of nitrogens with one attached hydrogen (secondary N) is 1. The summed E-state index contributed by atoms with van der Waals surface area (Å²) in [7, 11) is 3.26. The summed E-state index contributed by atoms with van der Waals surface area (Å²) in [6.07, 6.45) is 1.90. The lowest BCUT2D eigenvalue weighted by atomic mass is 10.0. The predicted molar refractivity (Wildman–Crippen MR) is 75.5 cm³/mol. The van der Waals surface area contributed by atoms with E-state index in [1.807, 2.05) is 18.2 Å². The lowest BCUT2D eigenvalue weighted by Crippen LogP contribution is -1.94. The number of aromatic amines is 1. The van der Waals surface area contributed by atoms with Crippen molar-refractivity contribution in [2.45, 2.75) is 19.8 Å². The molecule has 0 aliphatic rings. The maximum absolute atomic E-state index is 5.90. The number of benzene rings is 1. The van der Waals surface area contributed by atoms with Gasteiger partial charge in [-0.3, -0.25) is 5.10 Å². The maximum atomic E-state index is 5.90. The number of ether oxygens (including phenoxy) is 2. The molecule has 0 atom stereocenters. The Bertz CT molecular complexity index is 542. The molecule has 0 saturated heterocycles. The van der Waals surface area contributed by atoms with Crippen LogP contribution in [0.3, 0.4) is 0 Å². The number of nitrogens with zero attached hydrogens (tertiary/aromatic N) is 1. The van der Waals surface area contributed by atoms with E-state index >= 15 is 0 Å². The number of anilines is 1. The summed E-state index contributed by atoms with van der Waals surface area (Å²) in [4.78, 5) is 0. The Kier molecular flexibility index (Phi) is 3.94. The van der Waals surface area contributed by atoms with Gasteiger partial charge in [0.2, 0.25) is 0 Å². The van der Waals surface area contributed by atoms with Gasteiger partial charge in [0.25, 0.3) is 0 Å². The molecule has 3 N–H and O–H groups in total. The molecule has 0 fully saturated rings. The topological polar surface area (TPSA) is 73.2 Å². The number of methoxy groups -OCH3 is 2. The molecular weight excluding hydrogens is 242 g/mol. The summed E-state index contributed by atoms with van der Waals surface area (Å²) < 4.78 is 10.6. The van der Waals surface area contributed by atoms with E-state index in [0.717, 1.165) is 41.2 Å². The van der Waals surface area contributed by atoms with Crippen molar-refractivity contribution in [1.29, 1.82) is 0 Å². The van der Waals surface area contributed by atoms with Crippen LogP contribution < -0.4 is 15.2 Å². The standard InChI is InChI=1S/C14H19N3O2/c1-4-5-12-13(16-17-14(12)15)9-6-10(18-2)8-11(7-9)19-3/h6-8H,4-5H2,1-3H3,(H3,15,16,17).